The molecule has 0 bridgehead atoms. The zero-order valence-electron chi connectivity index (χ0n) is 11.5. The second-order valence-corrected chi connectivity index (χ2v) is 6.77. The van der Waals surface area contributed by atoms with Crippen LogP contribution in [0, 0.1) is 11.8 Å². The number of rotatable bonds is 2. The van der Waals surface area contributed by atoms with Gasteiger partial charge in [-0.3, -0.25) is 0 Å². The number of hydrogen-bond donors (Lipinski definition) is 1. The van der Waals surface area contributed by atoms with Crippen LogP contribution in [-0.2, 0) is 0 Å². The van der Waals surface area contributed by atoms with E-state index < -0.39 is 0 Å². The minimum Gasteiger partial charge on any atom is -0.486 e. The number of halogens is 1. The fraction of sp³-hybridized carbons (Fsp3) is 0.600. The zero-order valence-corrected chi connectivity index (χ0v) is 13.1. The van der Waals surface area contributed by atoms with E-state index in [0.29, 0.717) is 11.8 Å². The fourth-order valence-corrected chi connectivity index (χ4v) is 3.35. The molecule has 1 heterocycles. The van der Waals surface area contributed by atoms with Crippen molar-refractivity contribution in [2.24, 2.45) is 17.6 Å². The van der Waals surface area contributed by atoms with Gasteiger partial charge in [-0.15, -0.1) is 0 Å². The molecule has 0 spiro atoms. The highest BCUT2D eigenvalue weighted by Crippen LogP contribution is 2.46. The molecule has 0 saturated carbocycles. The van der Waals surface area contributed by atoms with Gasteiger partial charge in [0.15, 0.2) is 0 Å². The van der Waals surface area contributed by atoms with Gasteiger partial charge in [0, 0.05) is 22.5 Å². The first-order chi connectivity index (χ1) is 8.36. The van der Waals surface area contributed by atoms with Crippen LogP contribution < -0.4 is 10.5 Å². The summed E-state index contributed by atoms with van der Waals surface area (Å²) in [5, 5.41) is 0. The highest BCUT2D eigenvalue weighted by atomic mass is 79.9. The number of nitrogens with two attached hydrogens (primary N) is 1. The average molecular weight is 312 g/mol. The number of ether oxygens (including phenoxy) is 1. The normalized spacial score (nSPS) is 21.9. The van der Waals surface area contributed by atoms with Crippen molar-refractivity contribution in [3.63, 3.8) is 0 Å². The summed E-state index contributed by atoms with van der Waals surface area (Å²) in [4.78, 5) is 0. The highest BCUT2D eigenvalue weighted by molar-refractivity contribution is 9.10. The summed E-state index contributed by atoms with van der Waals surface area (Å²) >= 11 is 3.49. The second-order valence-electron chi connectivity index (χ2n) is 5.86. The van der Waals surface area contributed by atoms with E-state index in [0.717, 1.165) is 22.2 Å². The van der Waals surface area contributed by atoms with Gasteiger partial charge in [-0.05, 0) is 30.0 Å². The van der Waals surface area contributed by atoms with E-state index >= 15 is 0 Å². The Balaban J connectivity index is 2.46. The van der Waals surface area contributed by atoms with Crippen LogP contribution in [0.15, 0.2) is 22.7 Å². The van der Waals surface area contributed by atoms with Gasteiger partial charge in [0.25, 0.3) is 0 Å². The molecule has 1 aromatic carbocycles. The summed E-state index contributed by atoms with van der Waals surface area (Å²) in [5.41, 5.74) is 7.33. The molecule has 0 aliphatic carbocycles. The number of fused-ring (bicyclic) bond motifs is 1. The topological polar surface area (TPSA) is 35.2 Å². The summed E-state index contributed by atoms with van der Waals surface area (Å²) in [6.07, 6.45) is 0.881. The lowest BCUT2D eigenvalue weighted by Gasteiger charge is -2.47. The summed E-state index contributed by atoms with van der Waals surface area (Å²) in [5.74, 6) is 1.83. The van der Waals surface area contributed by atoms with E-state index in [-0.39, 0.29) is 11.6 Å². The van der Waals surface area contributed by atoms with Crippen LogP contribution in [0.2, 0.25) is 0 Å². The molecule has 1 aliphatic heterocycles. The Bertz CT molecular complexity index is 434. The van der Waals surface area contributed by atoms with Crippen molar-refractivity contribution in [1.82, 2.24) is 0 Å². The van der Waals surface area contributed by atoms with E-state index in [9.17, 15) is 0 Å². The predicted molar refractivity (Wildman–Crippen MR) is 78.7 cm³/mol. The number of benzene rings is 1. The molecule has 0 radical (unpaired) electrons. The lowest BCUT2D eigenvalue weighted by atomic mass is 9.73. The molecular formula is C15H22BrNO. The Labute approximate surface area is 118 Å². The van der Waals surface area contributed by atoms with Crippen molar-refractivity contribution in [3.05, 3.63) is 28.2 Å². The maximum atomic E-state index is 6.37. The van der Waals surface area contributed by atoms with Crippen LogP contribution in [0.5, 0.6) is 5.75 Å². The molecule has 1 aliphatic rings. The van der Waals surface area contributed by atoms with Crippen molar-refractivity contribution in [2.75, 3.05) is 0 Å². The highest BCUT2D eigenvalue weighted by Gasteiger charge is 2.44. The van der Waals surface area contributed by atoms with Gasteiger partial charge >= 0.3 is 0 Å². The Hall–Kier alpha value is -0.540. The molecule has 2 rings (SSSR count). The minimum absolute atomic E-state index is 0.0519. The summed E-state index contributed by atoms with van der Waals surface area (Å²) in [6, 6.07) is 6.17. The predicted octanol–water partition coefficient (Wildman–Crippen LogP) is 4.28. The van der Waals surface area contributed by atoms with Gasteiger partial charge in [-0.1, -0.05) is 43.6 Å². The zero-order chi connectivity index (χ0) is 13.5. The average Bonchev–Trinajstić information content (AvgIpc) is 2.29. The summed E-state index contributed by atoms with van der Waals surface area (Å²) in [7, 11) is 0. The largest absolute Gasteiger partial charge is 0.486 e. The number of hydrogen-bond acceptors (Lipinski definition) is 2. The first-order valence-corrected chi connectivity index (χ1v) is 7.40. The maximum absolute atomic E-state index is 6.37. The molecular weight excluding hydrogens is 290 g/mol. The monoisotopic (exact) mass is 311 g/mol. The summed E-state index contributed by atoms with van der Waals surface area (Å²) < 4.78 is 7.42. The lowest BCUT2D eigenvalue weighted by Crippen LogP contribution is -2.51. The standard InChI is InChI=1S/C15H22BrNO/c1-9(2)15(10(3)4)8-13(17)12-7-11(16)5-6-14(12)18-15/h5-7,9-10,13H,8,17H2,1-4H3. The first-order valence-electron chi connectivity index (χ1n) is 6.61. The first kappa shape index (κ1) is 13.9. The van der Waals surface area contributed by atoms with Gasteiger partial charge in [-0.25, -0.2) is 0 Å². The van der Waals surface area contributed by atoms with Crippen LogP contribution >= 0.6 is 15.9 Å². The van der Waals surface area contributed by atoms with E-state index in [4.69, 9.17) is 10.5 Å². The van der Waals surface area contributed by atoms with Crippen molar-refractivity contribution in [1.29, 1.82) is 0 Å². The van der Waals surface area contributed by atoms with Crippen molar-refractivity contribution in [3.8, 4) is 5.75 Å². The van der Waals surface area contributed by atoms with E-state index in [1.54, 1.807) is 0 Å². The Morgan fingerprint density at radius 3 is 2.44 bits per heavy atom. The van der Waals surface area contributed by atoms with Crippen LogP contribution in [0.4, 0.5) is 0 Å². The third kappa shape index (κ3) is 2.19. The van der Waals surface area contributed by atoms with Gasteiger partial charge in [0.1, 0.15) is 11.4 Å². The van der Waals surface area contributed by atoms with Gasteiger partial charge in [0.05, 0.1) is 0 Å². The van der Waals surface area contributed by atoms with Crippen molar-refractivity contribution < 1.29 is 4.74 Å². The molecule has 0 amide bonds. The summed E-state index contributed by atoms with van der Waals surface area (Å²) in [6.45, 7) is 8.88. The Kier molecular flexibility index (Phi) is 3.75. The van der Waals surface area contributed by atoms with Gasteiger partial charge in [-0.2, -0.15) is 0 Å². The molecule has 18 heavy (non-hydrogen) atoms. The molecule has 1 atom stereocenters. The Morgan fingerprint density at radius 1 is 1.28 bits per heavy atom. The molecule has 0 fully saturated rings. The molecule has 0 aromatic heterocycles. The maximum Gasteiger partial charge on any atom is 0.125 e. The molecule has 1 aromatic rings. The Morgan fingerprint density at radius 2 is 1.89 bits per heavy atom. The quantitative estimate of drug-likeness (QED) is 0.884. The van der Waals surface area contributed by atoms with Gasteiger partial charge < -0.3 is 10.5 Å². The van der Waals surface area contributed by atoms with E-state index in [2.05, 4.69) is 49.7 Å². The SMILES string of the molecule is CC(C)C1(C(C)C)CC(N)c2cc(Br)ccc2O1. The molecule has 100 valence electrons. The third-order valence-corrected chi connectivity index (χ3v) is 4.66. The molecule has 1 unspecified atom stereocenters. The van der Waals surface area contributed by atoms with Crippen LogP contribution in [0.3, 0.4) is 0 Å². The second kappa shape index (κ2) is 4.86. The third-order valence-electron chi connectivity index (χ3n) is 4.16. The lowest BCUT2D eigenvalue weighted by molar-refractivity contribution is -0.0461. The van der Waals surface area contributed by atoms with Crippen LogP contribution in [-0.4, -0.2) is 5.60 Å². The molecule has 0 saturated heterocycles. The molecule has 3 heteroatoms. The van der Waals surface area contributed by atoms with Gasteiger partial charge in [0.2, 0.25) is 0 Å². The smallest absolute Gasteiger partial charge is 0.125 e. The van der Waals surface area contributed by atoms with Crippen molar-refractivity contribution >= 4 is 15.9 Å². The fourth-order valence-electron chi connectivity index (χ4n) is 2.98. The van der Waals surface area contributed by atoms with Crippen LogP contribution in [0.25, 0.3) is 0 Å². The van der Waals surface area contributed by atoms with E-state index in [1.165, 1.54) is 0 Å². The minimum atomic E-state index is -0.153. The van der Waals surface area contributed by atoms with E-state index in [1.807, 2.05) is 12.1 Å². The van der Waals surface area contributed by atoms with Crippen LogP contribution in [0.1, 0.15) is 45.7 Å². The van der Waals surface area contributed by atoms with Crippen molar-refractivity contribution in [2.45, 2.75) is 45.8 Å². The molecule has 2 N–H and O–H groups in total. The molecule has 2 nitrogen and oxygen atoms in total.